The van der Waals surface area contributed by atoms with Crippen molar-refractivity contribution in [2.45, 2.75) is 37.8 Å². The molecule has 0 saturated carbocycles. The maximum Gasteiger partial charge on any atom is 0.415 e. The van der Waals surface area contributed by atoms with Crippen molar-refractivity contribution >= 4 is 0 Å². The van der Waals surface area contributed by atoms with Crippen molar-refractivity contribution in [3.05, 3.63) is 0 Å². The molecule has 1 fully saturated rings. The molecule has 1 N–H and O–H groups in total. The third kappa shape index (κ3) is 3.32. The molecule has 3 atom stereocenters. The minimum atomic E-state index is -4.54. The highest BCUT2D eigenvalue weighted by atomic mass is 19.4. The number of alkyl halides is 3. The van der Waals surface area contributed by atoms with Crippen LogP contribution < -0.4 is 0 Å². The summed E-state index contributed by atoms with van der Waals surface area (Å²) >= 11 is 0. The summed E-state index contributed by atoms with van der Waals surface area (Å²) in [6.07, 6.45) is -6.19. The normalized spacial score (nSPS) is 29.8. The zero-order valence-electron chi connectivity index (χ0n) is 8.79. The van der Waals surface area contributed by atoms with Gasteiger partial charge in [-0.1, -0.05) is 0 Å². The Kier molecular flexibility index (Phi) is 3.97. The van der Waals surface area contributed by atoms with Crippen LogP contribution in [-0.2, 0) is 4.74 Å². The van der Waals surface area contributed by atoms with Gasteiger partial charge in [-0.2, -0.15) is 13.2 Å². The molecule has 1 saturated heterocycles. The highest BCUT2D eigenvalue weighted by Crippen LogP contribution is 2.23. The third-order valence-electron chi connectivity index (χ3n) is 2.74. The van der Waals surface area contributed by atoms with Gasteiger partial charge in [0, 0.05) is 19.2 Å². The summed E-state index contributed by atoms with van der Waals surface area (Å²) < 4.78 is 41.5. The van der Waals surface area contributed by atoms with Crippen LogP contribution in [0.1, 0.15) is 13.3 Å². The summed E-state index contributed by atoms with van der Waals surface area (Å²) in [6.45, 7) is 1.99. The Hall–Kier alpha value is -0.330. The predicted octanol–water partition coefficient (Wildman–Crippen LogP) is 1.02. The van der Waals surface area contributed by atoms with Crippen molar-refractivity contribution < 1.29 is 23.0 Å². The van der Waals surface area contributed by atoms with Gasteiger partial charge in [0.2, 0.25) is 0 Å². The fourth-order valence-corrected chi connectivity index (χ4v) is 1.81. The number of ether oxygens (including phenoxy) is 1. The van der Waals surface area contributed by atoms with Crippen molar-refractivity contribution in [1.82, 2.24) is 4.90 Å². The SMILES string of the molecule is CC1OCCC1N(C)CC(O)C(F)(F)F. The topological polar surface area (TPSA) is 32.7 Å². The molecule has 0 aromatic rings. The molecule has 0 aromatic carbocycles. The van der Waals surface area contributed by atoms with Crippen molar-refractivity contribution in [3.8, 4) is 0 Å². The van der Waals surface area contributed by atoms with E-state index < -0.39 is 18.8 Å². The third-order valence-corrected chi connectivity index (χ3v) is 2.74. The minimum absolute atomic E-state index is 0.0398. The first-order valence-corrected chi connectivity index (χ1v) is 4.89. The number of rotatable bonds is 3. The zero-order valence-corrected chi connectivity index (χ0v) is 8.79. The van der Waals surface area contributed by atoms with Gasteiger partial charge in [0.15, 0.2) is 6.10 Å². The van der Waals surface area contributed by atoms with E-state index in [9.17, 15) is 13.2 Å². The molecule has 1 heterocycles. The van der Waals surface area contributed by atoms with E-state index in [4.69, 9.17) is 9.84 Å². The molecule has 1 rings (SSSR count). The number of hydrogen-bond acceptors (Lipinski definition) is 3. The van der Waals surface area contributed by atoms with Crippen molar-refractivity contribution in [2.24, 2.45) is 0 Å². The molecule has 1 aliphatic heterocycles. The second-order valence-corrected chi connectivity index (χ2v) is 3.93. The second kappa shape index (κ2) is 4.67. The van der Waals surface area contributed by atoms with Crippen LogP contribution in [-0.4, -0.2) is 54.6 Å². The summed E-state index contributed by atoms with van der Waals surface area (Å²) in [5.74, 6) is 0. The molecular formula is C9H16F3NO2. The number of likely N-dealkylation sites (N-methyl/N-ethyl adjacent to an activating group) is 1. The number of halogens is 3. The van der Waals surface area contributed by atoms with Gasteiger partial charge < -0.3 is 9.84 Å². The van der Waals surface area contributed by atoms with Gasteiger partial charge in [-0.25, -0.2) is 0 Å². The number of hydrogen-bond donors (Lipinski definition) is 1. The average Bonchev–Trinajstić information content (AvgIpc) is 2.49. The van der Waals surface area contributed by atoms with E-state index in [1.54, 1.807) is 7.05 Å². The van der Waals surface area contributed by atoms with Crippen LogP contribution in [0.25, 0.3) is 0 Å². The van der Waals surface area contributed by atoms with Crippen LogP contribution in [0.15, 0.2) is 0 Å². The second-order valence-electron chi connectivity index (χ2n) is 3.93. The molecular weight excluding hydrogens is 211 g/mol. The lowest BCUT2D eigenvalue weighted by atomic mass is 10.1. The molecule has 0 amide bonds. The lowest BCUT2D eigenvalue weighted by Crippen LogP contribution is -2.45. The number of aliphatic hydroxyl groups is 1. The van der Waals surface area contributed by atoms with E-state index in [1.807, 2.05) is 6.92 Å². The molecule has 0 aromatic heterocycles. The molecule has 0 aliphatic carbocycles. The Bertz CT molecular complexity index is 210. The summed E-state index contributed by atoms with van der Waals surface area (Å²) in [4.78, 5) is 1.51. The molecule has 1 aliphatic rings. The molecule has 0 bridgehead atoms. The summed E-state index contributed by atoms with van der Waals surface area (Å²) in [6, 6.07) is -0.0398. The molecule has 15 heavy (non-hydrogen) atoms. The fraction of sp³-hybridized carbons (Fsp3) is 1.00. The van der Waals surface area contributed by atoms with Crippen LogP contribution in [0.4, 0.5) is 13.2 Å². The van der Waals surface area contributed by atoms with E-state index in [0.29, 0.717) is 13.0 Å². The standard InChI is InChI=1S/C9H16F3NO2/c1-6-7(3-4-15-6)13(2)5-8(14)9(10,11)12/h6-8,14H,3-5H2,1-2H3. The maximum absolute atomic E-state index is 12.1. The molecule has 3 nitrogen and oxygen atoms in total. The summed E-state index contributed by atoms with van der Waals surface area (Å²) in [5, 5.41) is 8.90. The number of nitrogens with zero attached hydrogens (tertiary/aromatic N) is 1. The highest BCUT2D eigenvalue weighted by molar-refractivity contribution is 4.82. The Morgan fingerprint density at radius 2 is 2.13 bits per heavy atom. The van der Waals surface area contributed by atoms with Gasteiger partial charge in [0.25, 0.3) is 0 Å². The Labute approximate surface area is 86.8 Å². The van der Waals surface area contributed by atoms with Crippen LogP contribution in [0.5, 0.6) is 0 Å². The van der Waals surface area contributed by atoms with Crippen LogP contribution in [0.2, 0.25) is 0 Å². The first-order valence-electron chi connectivity index (χ1n) is 4.89. The van der Waals surface area contributed by atoms with Gasteiger partial charge in [-0.15, -0.1) is 0 Å². The monoisotopic (exact) mass is 227 g/mol. The summed E-state index contributed by atoms with van der Waals surface area (Å²) in [5.41, 5.74) is 0. The largest absolute Gasteiger partial charge is 0.415 e. The maximum atomic E-state index is 12.1. The molecule has 3 unspecified atom stereocenters. The van der Waals surface area contributed by atoms with Crippen molar-refractivity contribution in [1.29, 1.82) is 0 Å². The van der Waals surface area contributed by atoms with E-state index >= 15 is 0 Å². The Morgan fingerprint density at radius 1 is 1.53 bits per heavy atom. The lowest BCUT2D eigenvalue weighted by molar-refractivity contribution is -0.208. The van der Waals surface area contributed by atoms with E-state index in [-0.39, 0.29) is 12.1 Å². The van der Waals surface area contributed by atoms with Gasteiger partial charge in [-0.3, -0.25) is 4.90 Å². The van der Waals surface area contributed by atoms with E-state index in [1.165, 1.54) is 4.90 Å². The summed E-state index contributed by atoms with van der Waals surface area (Å²) in [7, 11) is 1.57. The first-order chi connectivity index (χ1) is 6.82. The van der Waals surface area contributed by atoms with Gasteiger partial charge in [0.1, 0.15) is 0 Å². The Balaban J connectivity index is 2.44. The fourth-order valence-electron chi connectivity index (χ4n) is 1.81. The average molecular weight is 227 g/mol. The van der Waals surface area contributed by atoms with Crippen molar-refractivity contribution in [3.63, 3.8) is 0 Å². The molecule has 90 valence electrons. The lowest BCUT2D eigenvalue weighted by Gasteiger charge is -2.29. The molecule has 0 radical (unpaired) electrons. The molecule has 0 spiro atoms. The Morgan fingerprint density at radius 3 is 2.53 bits per heavy atom. The van der Waals surface area contributed by atoms with Crippen LogP contribution >= 0.6 is 0 Å². The van der Waals surface area contributed by atoms with Crippen LogP contribution in [0.3, 0.4) is 0 Å². The quantitative estimate of drug-likeness (QED) is 0.781. The van der Waals surface area contributed by atoms with E-state index in [2.05, 4.69) is 0 Å². The van der Waals surface area contributed by atoms with E-state index in [0.717, 1.165) is 0 Å². The van der Waals surface area contributed by atoms with Gasteiger partial charge >= 0.3 is 6.18 Å². The number of aliphatic hydroxyl groups excluding tert-OH is 1. The minimum Gasteiger partial charge on any atom is -0.382 e. The first kappa shape index (κ1) is 12.7. The van der Waals surface area contributed by atoms with Crippen LogP contribution in [0, 0.1) is 0 Å². The van der Waals surface area contributed by atoms with Crippen molar-refractivity contribution in [2.75, 3.05) is 20.2 Å². The highest BCUT2D eigenvalue weighted by Gasteiger charge is 2.40. The molecule has 6 heteroatoms. The predicted molar refractivity (Wildman–Crippen MR) is 48.5 cm³/mol. The van der Waals surface area contributed by atoms with Gasteiger partial charge in [-0.05, 0) is 20.4 Å². The smallest absolute Gasteiger partial charge is 0.382 e. The van der Waals surface area contributed by atoms with Gasteiger partial charge in [0.05, 0.1) is 6.10 Å². The zero-order chi connectivity index (χ0) is 11.6.